The number of hydrogen-bond donors (Lipinski definition) is 0. The van der Waals surface area contributed by atoms with E-state index >= 15 is 0 Å². The minimum Gasteiger partial charge on any atom is -0.430 e. The van der Waals surface area contributed by atoms with Crippen LogP contribution >= 0.6 is 0 Å². The normalized spacial score (nSPS) is 18.2. The molecule has 1 atom stereocenters. The number of hydrogen-bond acceptors (Lipinski definition) is 2. The van der Waals surface area contributed by atoms with Crippen molar-refractivity contribution in [2.45, 2.75) is 129 Å². The van der Waals surface area contributed by atoms with E-state index in [1.807, 2.05) is 0 Å². The zero-order valence-electron chi connectivity index (χ0n) is 17.7. The molecule has 0 amide bonds. The van der Waals surface area contributed by atoms with E-state index in [-0.39, 0.29) is 11.9 Å². The van der Waals surface area contributed by atoms with E-state index in [9.17, 15) is 4.79 Å². The molecule has 0 aromatic carbocycles. The Labute approximate surface area is 163 Å². The average Bonchev–Trinajstić information content (AvgIpc) is 2.64. The van der Waals surface area contributed by atoms with E-state index in [1.54, 1.807) is 0 Å². The van der Waals surface area contributed by atoms with Crippen molar-refractivity contribution in [1.82, 2.24) is 0 Å². The van der Waals surface area contributed by atoms with Crippen LogP contribution in [0.3, 0.4) is 0 Å². The molecule has 1 rings (SSSR count). The second-order valence-electron chi connectivity index (χ2n) is 8.11. The van der Waals surface area contributed by atoms with Gasteiger partial charge >= 0.3 is 5.97 Å². The van der Waals surface area contributed by atoms with Crippen LogP contribution < -0.4 is 0 Å². The molecule has 2 nitrogen and oxygen atoms in total. The number of carbonyl (C=O) groups is 1. The first kappa shape index (κ1) is 23.2. The number of esters is 1. The van der Waals surface area contributed by atoms with Crippen molar-refractivity contribution >= 4 is 5.97 Å². The molecule has 0 N–H and O–H groups in total. The molecule has 0 radical (unpaired) electrons. The fraction of sp³-hybridized carbons (Fsp3) is 0.875. The molecule has 2 heteroatoms. The van der Waals surface area contributed by atoms with Crippen LogP contribution in [0.4, 0.5) is 0 Å². The Morgan fingerprint density at radius 3 is 1.65 bits per heavy atom. The van der Waals surface area contributed by atoms with Crippen molar-refractivity contribution in [2.75, 3.05) is 0 Å². The van der Waals surface area contributed by atoms with Gasteiger partial charge in [-0.05, 0) is 25.3 Å². The Hall–Kier alpha value is -0.790. The molecule has 0 bridgehead atoms. The number of rotatable bonds is 18. The molecule has 0 aromatic heterocycles. The Morgan fingerprint density at radius 2 is 1.15 bits per heavy atom. The molecule has 1 unspecified atom stereocenters. The highest BCUT2D eigenvalue weighted by atomic mass is 16.6. The van der Waals surface area contributed by atoms with Gasteiger partial charge in [0.2, 0.25) is 0 Å². The molecule has 1 aliphatic rings. The predicted octanol–water partition coefficient (Wildman–Crippen LogP) is 8.10. The van der Waals surface area contributed by atoms with Crippen molar-refractivity contribution in [3.05, 3.63) is 11.8 Å². The third-order valence-corrected chi connectivity index (χ3v) is 5.60. The van der Waals surface area contributed by atoms with Crippen LogP contribution in [0.2, 0.25) is 0 Å². The summed E-state index contributed by atoms with van der Waals surface area (Å²) in [7, 11) is 0. The van der Waals surface area contributed by atoms with E-state index in [0.717, 1.165) is 18.6 Å². The third-order valence-electron chi connectivity index (χ3n) is 5.60. The van der Waals surface area contributed by atoms with Crippen LogP contribution in [0.15, 0.2) is 11.8 Å². The highest BCUT2D eigenvalue weighted by Gasteiger charge is 2.36. The highest BCUT2D eigenvalue weighted by molar-refractivity contribution is 5.82. The van der Waals surface area contributed by atoms with Gasteiger partial charge in [-0.2, -0.15) is 0 Å². The van der Waals surface area contributed by atoms with Crippen LogP contribution in [-0.2, 0) is 9.53 Å². The standard InChI is InChI=1S/C24H44O2/c1-3-5-7-9-11-13-15-17-19-21-23-22(24(25)26-23)20-18-16-14-12-10-8-6-4-2/h21-22H,3-20H2,1-2H3. The fourth-order valence-electron chi connectivity index (χ4n) is 3.77. The lowest BCUT2D eigenvalue weighted by molar-refractivity contribution is -0.157. The summed E-state index contributed by atoms with van der Waals surface area (Å²) in [5.74, 6) is 1.07. The summed E-state index contributed by atoms with van der Waals surface area (Å²) in [5.41, 5.74) is 0. The number of carbonyl (C=O) groups excluding carboxylic acids is 1. The van der Waals surface area contributed by atoms with Gasteiger partial charge in [-0.3, -0.25) is 4.79 Å². The molecule has 0 aromatic rings. The summed E-state index contributed by atoms with van der Waals surface area (Å²) < 4.78 is 5.27. The summed E-state index contributed by atoms with van der Waals surface area (Å²) in [6, 6.07) is 0. The first-order valence-electron chi connectivity index (χ1n) is 11.7. The number of allylic oxidation sites excluding steroid dienone is 1. The number of cyclic esters (lactones) is 1. The first-order valence-corrected chi connectivity index (χ1v) is 11.7. The van der Waals surface area contributed by atoms with Gasteiger partial charge in [0.15, 0.2) is 0 Å². The van der Waals surface area contributed by atoms with E-state index in [4.69, 9.17) is 4.74 Å². The zero-order valence-corrected chi connectivity index (χ0v) is 17.7. The summed E-state index contributed by atoms with van der Waals surface area (Å²) in [6.45, 7) is 4.53. The lowest BCUT2D eigenvalue weighted by atomic mass is 9.93. The second kappa shape index (κ2) is 16.4. The van der Waals surface area contributed by atoms with Crippen molar-refractivity contribution in [1.29, 1.82) is 0 Å². The Morgan fingerprint density at radius 1 is 0.692 bits per heavy atom. The van der Waals surface area contributed by atoms with Gasteiger partial charge in [0.05, 0.1) is 0 Å². The quantitative estimate of drug-likeness (QED) is 0.181. The smallest absolute Gasteiger partial charge is 0.321 e. The van der Waals surface area contributed by atoms with Gasteiger partial charge in [-0.25, -0.2) is 0 Å². The van der Waals surface area contributed by atoms with E-state index in [2.05, 4.69) is 19.9 Å². The third kappa shape index (κ3) is 11.0. The van der Waals surface area contributed by atoms with Crippen LogP contribution in [0, 0.1) is 5.92 Å². The van der Waals surface area contributed by atoms with Crippen molar-refractivity contribution in [3.63, 3.8) is 0 Å². The van der Waals surface area contributed by atoms with Gasteiger partial charge in [-0.15, -0.1) is 0 Å². The van der Waals surface area contributed by atoms with Crippen LogP contribution in [-0.4, -0.2) is 5.97 Å². The second-order valence-corrected chi connectivity index (χ2v) is 8.11. The van der Waals surface area contributed by atoms with Gasteiger partial charge < -0.3 is 4.74 Å². The van der Waals surface area contributed by atoms with E-state index < -0.39 is 0 Å². The van der Waals surface area contributed by atoms with E-state index in [1.165, 1.54) is 103 Å². The minimum absolute atomic E-state index is 0.00937. The Balaban J connectivity index is 1.98. The number of unbranched alkanes of at least 4 members (excludes halogenated alkanes) is 15. The van der Waals surface area contributed by atoms with E-state index in [0.29, 0.717) is 0 Å². The molecule has 1 saturated heterocycles. The maximum atomic E-state index is 11.7. The molecule has 26 heavy (non-hydrogen) atoms. The molecule has 0 aliphatic carbocycles. The summed E-state index contributed by atoms with van der Waals surface area (Å²) in [5, 5.41) is 0. The predicted molar refractivity (Wildman–Crippen MR) is 112 cm³/mol. The number of ether oxygens (including phenoxy) is 1. The molecule has 0 saturated carbocycles. The maximum Gasteiger partial charge on any atom is 0.321 e. The monoisotopic (exact) mass is 364 g/mol. The molecule has 1 aliphatic heterocycles. The Bertz CT molecular complexity index is 372. The molecular weight excluding hydrogens is 320 g/mol. The molecule has 0 spiro atoms. The minimum atomic E-state index is 0.00937. The largest absolute Gasteiger partial charge is 0.430 e. The fourth-order valence-corrected chi connectivity index (χ4v) is 3.77. The molecular formula is C24H44O2. The van der Waals surface area contributed by atoms with Crippen LogP contribution in [0.25, 0.3) is 0 Å². The highest BCUT2D eigenvalue weighted by Crippen LogP contribution is 2.32. The van der Waals surface area contributed by atoms with Gasteiger partial charge in [0, 0.05) is 0 Å². The summed E-state index contributed by atoms with van der Waals surface area (Å²) in [4.78, 5) is 11.7. The lowest BCUT2D eigenvalue weighted by Crippen LogP contribution is -2.32. The lowest BCUT2D eigenvalue weighted by Gasteiger charge is -2.28. The molecule has 1 heterocycles. The topological polar surface area (TPSA) is 26.3 Å². The van der Waals surface area contributed by atoms with Crippen molar-refractivity contribution in [2.24, 2.45) is 5.92 Å². The average molecular weight is 365 g/mol. The van der Waals surface area contributed by atoms with Crippen molar-refractivity contribution in [3.8, 4) is 0 Å². The summed E-state index contributed by atoms with van der Waals surface area (Å²) in [6.07, 6.45) is 25.6. The Kier molecular flexibility index (Phi) is 14.7. The van der Waals surface area contributed by atoms with Crippen molar-refractivity contribution < 1.29 is 9.53 Å². The SMILES string of the molecule is CCCCCCCCCCC=C1OC(=O)C1CCCCCCCCCC. The zero-order chi connectivity index (χ0) is 18.9. The maximum absolute atomic E-state index is 11.7. The van der Waals surface area contributed by atoms with Gasteiger partial charge in [-0.1, -0.05) is 110 Å². The molecule has 152 valence electrons. The first-order chi connectivity index (χ1) is 12.8. The van der Waals surface area contributed by atoms with Gasteiger partial charge in [0.1, 0.15) is 11.7 Å². The van der Waals surface area contributed by atoms with Crippen LogP contribution in [0.5, 0.6) is 0 Å². The van der Waals surface area contributed by atoms with Gasteiger partial charge in [0.25, 0.3) is 0 Å². The van der Waals surface area contributed by atoms with Crippen LogP contribution in [0.1, 0.15) is 129 Å². The molecule has 1 fully saturated rings. The summed E-state index contributed by atoms with van der Waals surface area (Å²) >= 11 is 0.